The first-order valence-electron chi connectivity index (χ1n) is 10.4. The Balaban J connectivity index is 1.75. The van der Waals surface area contributed by atoms with Gasteiger partial charge >= 0.3 is 0 Å². The molecule has 0 aliphatic heterocycles. The van der Waals surface area contributed by atoms with Gasteiger partial charge in [-0.2, -0.15) is 0 Å². The van der Waals surface area contributed by atoms with Crippen LogP contribution in [0.3, 0.4) is 0 Å². The number of aromatic nitrogens is 2. The minimum atomic E-state index is -3.25. The van der Waals surface area contributed by atoms with Crippen molar-refractivity contribution in [2.45, 2.75) is 43.3 Å². The molecule has 0 saturated heterocycles. The molecular formula is C24H24N2O3S. The number of ether oxygens (including phenoxy) is 1. The van der Waals surface area contributed by atoms with Gasteiger partial charge in [-0.05, 0) is 73.2 Å². The molecule has 5 rings (SSSR count). The van der Waals surface area contributed by atoms with Crippen LogP contribution in [-0.4, -0.2) is 30.2 Å². The minimum Gasteiger partial charge on any atom is -0.491 e. The van der Waals surface area contributed by atoms with Crippen LogP contribution < -0.4 is 4.74 Å². The molecule has 0 spiro atoms. The maximum absolute atomic E-state index is 12.8. The SMILES string of the molecule is CCCOc1ccc(-c2cccc(S(=O)(=O)C3CC3)c2)c2c1[nH]c1ncc(C)cc12. The van der Waals surface area contributed by atoms with Gasteiger partial charge in [0.05, 0.1) is 22.3 Å². The third-order valence-corrected chi connectivity index (χ3v) is 7.86. The van der Waals surface area contributed by atoms with Crippen molar-refractivity contribution in [1.82, 2.24) is 9.97 Å². The van der Waals surface area contributed by atoms with Crippen LogP contribution >= 0.6 is 0 Å². The summed E-state index contributed by atoms with van der Waals surface area (Å²) >= 11 is 0. The van der Waals surface area contributed by atoms with Crippen molar-refractivity contribution >= 4 is 31.8 Å². The lowest BCUT2D eigenvalue weighted by Gasteiger charge is -2.11. The molecule has 1 aliphatic carbocycles. The maximum Gasteiger partial charge on any atom is 0.181 e. The normalized spacial score (nSPS) is 14.5. The number of hydrogen-bond acceptors (Lipinski definition) is 4. The van der Waals surface area contributed by atoms with E-state index in [2.05, 4.69) is 23.0 Å². The lowest BCUT2D eigenvalue weighted by Crippen LogP contribution is -2.06. The third kappa shape index (κ3) is 3.16. The molecule has 4 aromatic rings. The van der Waals surface area contributed by atoms with Gasteiger partial charge in [0.15, 0.2) is 9.84 Å². The summed E-state index contributed by atoms with van der Waals surface area (Å²) in [7, 11) is -3.25. The molecule has 2 heterocycles. The van der Waals surface area contributed by atoms with E-state index in [4.69, 9.17) is 4.74 Å². The van der Waals surface area contributed by atoms with Crippen molar-refractivity contribution in [2.24, 2.45) is 0 Å². The number of rotatable bonds is 6. The molecule has 154 valence electrons. The van der Waals surface area contributed by atoms with Crippen molar-refractivity contribution in [3.63, 3.8) is 0 Å². The van der Waals surface area contributed by atoms with Gasteiger partial charge in [0.1, 0.15) is 11.4 Å². The summed E-state index contributed by atoms with van der Waals surface area (Å²) in [6.07, 6.45) is 4.27. The molecule has 5 nitrogen and oxygen atoms in total. The van der Waals surface area contributed by atoms with Crippen LogP contribution in [-0.2, 0) is 9.84 Å². The van der Waals surface area contributed by atoms with Crippen molar-refractivity contribution in [3.8, 4) is 16.9 Å². The zero-order chi connectivity index (χ0) is 20.9. The summed E-state index contributed by atoms with van der Waals surface area (Å²) in [6, 6.07) is 13.4. The number of fused-ring (bicyclic) bond motifs is 3. The highest BCUT2D eigenvalue weighted by atomic mass is 32.2. The van der Waals surface area contributed by atoms with Crippen molar-refractivity contribution < 1.29 is 13.2 Å². The molecule has 0 bridgehead atoms. The predicted octanol–water partition coefficient (Wildman–Crippen LogP) is 5.42. The highest BCUT2D eigenvalue weighted by Gasteiger charge is 2.37. The number of pyridine rings is 1. The van der Waals surface area contributed by atoms with Crippen molar-refractivity contribution in [3.05, 3.63) is 54.2 Å². The van der Waals surface area contributed by atoms with E-state index in [1.165, 1.54) is 0 Å². The van der Waals surface area contributed by atoms with Crippen molar-refractivity contribution in [1.29, 1.82) is 0 Å². The Morgan fingerprint density at radius 1 is 1.17 bits per heavy atom. The maximum atomic E-state index is 12.8. The predicted molar refractivity (Wildman–Crippen MR) is 120 cm³/mol. The quantitative estimate of drug-likeness (QED) is 0.452. The minimum absolute atomic E-state index is 0.225. The monoisotopic (exact) mass is 420 g/mol. The Hall–Kier alpha value is -2.86. The smallest absolute Gasteiger partial charge is 0.181 e. The van der Waals surface area contributed by atoms with Crippen molar-refractivity contribution in [2.75, 3.05) is 6.61 Å². The van der Waals surface area contributed by atoms with E-state index in [9.17, 15) is 8.42 Å². The Bertz CT molecular complexity index is 1370. The number of aryl methyl sites for hydroxylation is 1. The fourth-order valence-corrected chi connectivity index (χ4v) is 5.65. The standard InChI is InChI=1S/C24H24N2O3S/c1-3-11-29-21-10-9-19(22-20-12-15(2)14-25-24(20)26-23(21)22)16-5-4-6-18(13-16)30(27,28)17-7-8-17/h4-6,9-10,12-14,17H,3,7-8,11H2,1-2H3,(H,25,26). The molecule has 0 atom stereocenters. The van der Waals surface area contributed by atoms with Crippen LogP contribution in [0.4, 0.5) is 0 Å². The van der Waals surface area contributed by atoms with Crippen LogP contribution in [0.2, 0.25) is 0 Å². The fourth-order valence-electron chi connectivity index (χ4n) is 3.95. The van der Waals surface area contributed by atoms with Gasteiger partial charge in [-0.15, -0.1) is 0 Å². The van der Waals surface area contributed by atoms with Gasteiger partial charge < -0.3 is 9.72 Å². The van der Waals surface area contributed by atoms with Crippen LogP contribution in [0.5, 0.6) is 5.75 Å². The molecule has 0 amide bonds. The molecule has 1 aliphatic rings. The largest absolute Gasteiger partial charge is 0.491 e. The summed E-state index contributed by atoms with van der Waals surface area (Å²) < 4.78 is 31.6. The van der Waals surface area contributed by atoms with Gasteiger partial charge in [-0.1, -0.05) is 19.1 Å². The van der Waals surface area contributed by atoms with Crippen LogP contribution in [0.1, 0.15) is 31.7 Å². The number of aromatic amines is 1. The molecule has 0 unspecified atom stereocenters. The molecule has 2 aromatic heterocycles. The van der Waals surface area contributed by atoms with Crippen LogP contribution in [0.25, 0.3) is 33.1 Å². The first kappa shape index (κ1) is 19.1. The number of H-pyrrole nitrogens is 1. The second-order valence-electron chi connectivity index (χ2n) is 8.02. The van der Waals surface area contributed by atoms with Crippen LogP contribution in [0, 0.1) is 6.92 Å². The topological polar surface area (TPSA) is 72.1 Å². The number of sulfone groups is 1. The van der Waals surface area contributed by atoms with E-state index in [1.54, 1.807) is 12.1 Å². The molecule has 1 saturated carbocycles. The average Bonchev–Trinajstić information content (AvgIpc) is 3.54. The molecule has 1 N–H and O–H groups in total. The van der Waals surface area contributed by atoms with E-state index in [0.717, 1.165) is 63.6 Å². The van der Waals surface area contributed by atoms with Crippen LogP contribution in [0.15, 0.2) is 53.6 Å². The highest BCUT2D eigenvalue weighted by molar-refractivity contribution is 7.92. The van der Waals surface area contributed by atoms with Gasteiger partial charge in [-0.3, -0.25) is 0 Å². The summed E-state index contributed by atoms with van der Waals surface area (Å²) in [5.41, 5.74) is 4.61. The Labute approximate surface area is 176 Å². The van der Waals surface area contributed by atoms with E-state index >= 15 is 0 Å². The molecular weight excluding hydrogens is 396 g/mol. The van der Waals surface area contributed by atoms with E-state index in [1.807, 2.05) is 37.4 Å². The molecule has 1 fully saturated rings. The summed E-state index contributed by atoms with van der Waals surface area (Å²) in [5, 5.41) is 1.80. The second-order valence-corrected chi connectivity index (χ2v) is 10.2. The number of nitrogens with zero attached hydrogens (tertiary/aromatic N) is 1. The number of benzene rings is 2. The Morgan fingerprint density at radius 3 is 2.77 bits per heavy atom. The zero-order valence-corrected chi connectivity index (χ0v) is 17.9. The van der Waals surface area contributed by atoms with Gasteiger partial charge in [-0.25, -0.2) is 13.4 Å². The second kappa shape index (κ2) is 7.13. The molecule has 2 aromatic carbocycles. The molecule has 6 heteroatoms. The highest BCUT2D eigenvalue weighted by Crippen LogP contribution is 2.40. The lowest BCUT2D eigenvalue weighted by atomic mass is 9.99. The van der Waals surface area contributed by atoms with Gasteiger partial charge in [0, 0.05) is 17.0 Å². The van der Waals surface area contributed by atoms with Gasteiger partial charge in [0.25, 0.3) is 0 Å². The third-order valence-electron chi connectivity index (χ3n) is 5.60. The first-order valence-corrected chi connectivity index (χ1v) is 11.9. The van der Waals surface area contributed by atoms with Gasteiger partial charge in [0.2, 0.25) is 0 Å². The molecule has 30 heavy (non-hydrogen) atoms. The number of nitrogens with one attached hydrogen (secondary N) is 1. The first-order chi connectivity index (χ1) is 14.5. The Morgan fingerprint density at radius 2 is 2.00 bits per heavy atom. The lowest BCUT2D eigenvalue weighted by molar-refractivity contribution is 0.320. The zero-order valence-electron chi connectivity index (χ0n) is 17.1. The summed E-state index contributed by atoms with van der Waals surface area (Å²) in [5.74, 6) is 0.785. The summed E-state index contributed by atoms with van der Waals surface area (Å²) in [6.45, 7) is 4.73. The average molecular weight is 421 g/mol. The summed E-state index contributed by atoms with van der Waals surface area (Å²) in [4.78, 5) is 8.37. The van der Waals surface area contributed by atoms with E-state index < -0.39 is 9.84 Å². The van der Waals surface area contributed by atoms with E-state index in [0.29, 0.717) is 11.5 Å². The number of hydrogen-bond donors (Lipinski definition) is 1. The Kier molecular flexibility index (Phi) is 4.54. The van der Waals surface area contributed by atoms with E-state index in [-0.39, 0.29) is 5.25 Å². The fraction of sp³-hybridized carbons (Fsp3) is 0.292. The molecule has 0 radical (unpaired) electrons.